The van der Waals surface area contributed by atoms with Crippen LogP contribution in [0.3, 0.4) is 0 Å². The summed E-state index contributed by atoms with van der Waals surface area (Å²) in [6.45, 7) is 1.63. The molecule has 0 aromatic rings. The Morgan fingerprint density at radius 1 is 1.46 bits per heavy atom. The first-order valence-corrected chi connectivity index (χ1v) is 3.65. The van der Waals surface area contributed by atoms with E-state index in [0.29, 0.717) is 0 Å². The Morgan fingerprint density at radius 3 is 2.38 bits per heavy atom. The Labute approximate surface area is 74.2 Å². The summed E-state index contributed by atoms with van der Waals surface area (Å²) in [7, 11) is 0. The zero-order chi connectivity index (χ0) is 10.4. The Balaban J connectivity index is 3.76. The second kappa shape index (κ2) is 5.45. The van der Waals surface area contributed by atoms with Crippen LogP contribution >= 0.6 is 0 Å². The molecular weight excluding hydrogens is 184 g/mol. The van der Waals surface area contributed by atoms with Gasteiger partial charge in [-0.2, -0.15) is 0 Å². The Hall–Kier alpha value is -1.20. The van der Waals surface area contributed by atoms with Gasteiger partial charge >= 0.3 is 5.97 Å². The van der Waals surface area contributed by atoms with E-state index in [4.69, 9.17) is 0 Å². The fourth-order valence-electron chi connectivity index (χ4n) is 0.634. The van der Waals surface area contributed by atoms with Crippen molar-refractivity contribution in [2.24, 2.45) is 0 Å². The number of rotatable bonds is 4. The van der Waals surface area contributed by atoms with Crippen molar-refractivity contribution in [3.63, 3.8) is 0 Å². The Kier molecular flexibility index (Phi) is 4.94. The third-order valence-corrected chi connectivity index (χ3v) is 1.12. The number of carbonyl (C=O) groups excluding carboxylic acids is 2. The lowest BCUT2D eigenvalue weighted by molar-refractivity contribution is -0.150. The highest BCUT2D eigenvalue weighted by Crippen LogP contribution is 1.95. The number of esters is 1. The van der Waals surface area contributed by atoms with Gasteiger partial charge in [0.2, 0.25) is 5.91 Å². The van der Waals surface area contributed by atoms with Gasteiger partial charge in [0, 0.05) is 6.92 Å². The highest BCUT2D eigenvalue weighted by molar-refractivity contribution is 5.82. The average Bonchev–Trinajstić information content (AvgIpc) is 1.98. The number of alkyl halides is 2. The highest BCUT2D eigenvalue weighted by atomic mass is 19.3. The fraction of sp³-hybridized carbons (Fsp3) is 0.714. The van der Waals surface area contributed by atoms with E-state index in [0.717, 1.165) is 0 Å². The molecule has 0 aliphatic heterocycles. The van der Waals surface area contributed by atoms with Crippen molar-refractivity contribution >= 4 is 11.9 Å². The quantitative estimate of drug-likeness (QED) is 0.657. The van der Waals surface area contributed by atoms with Crippen LogP contribution in [0.4, 0.5) is 8.78 Å². The summed E-state index contributed by atoms with van der Waals surface area (Å²) in [6, 6.07) is -0.892. The number of carbonyl (C=O) groups is 2. The van der Waals surface area contributed by atoms with E-state index in [1.54, 1.807) is 0 Å². The number of amides is 1. The van der Waals surface area contributed by atoms with Crippen molar-refractivity contribution in [2.75, 3.05) is 6.61 Å². The highest BCUT2D eigenvalue weighted by Gasteiger charge is 2.16. The maximum absolute atomic E-state index is 11.6. The lowest BCUT2D eigenvalue weighted by atomic mass is 10.3. The van der Waals surface area contributed by atoms with Gasteiger partial charge in [0.15, 0.2) is 6.61 Å². The molecule has 0 heterocycles. The van der Waals surface area contributed by atoms with Crippen molar-refractivity contribution in [1.29, 1.82) is 0 Å². The van der Waals surface area contributed by atoms with Crippen LogP contribution in [0.25, 0.3) is 0 Å². The van der Waals surface area contributed by atoms with E-state index < -0.39 is 31.0 Å². The third kappa shape index (κ3) is 6.01. The predicted octanol–water partition coefficient (Wildman–Crippen LogP) is 0.319. The number of ether oxygens (including phenoxy) is 1. The molecule has 0 fully saturated rings. The lowest BCUT2D eigenvalue weighted by Crippen LogP contribution is -2.38. The van der Waals surface area contributed by atoms with Crippen molar-refractivity contribution in [3.05, 3.63) is 0 Å². The molecule has 0 aliphatic carbocycles. The first-order valence-electron chi connectivity index (χ1n) is 3.65. The summed E-state index contributed by atoms with van der Waals surface area (Å²) in [5.41, 5.74) is 0. The monoisotopic (exact) mass is 195 g/mol. The van der Waals surface area contributed by atoms with E-state index in [2.05, 4.69) is 10.1 Å². The molecule has 1 amide bonds. The molecule has 0 saturated heterocycles. The molecule has 76 valence electrons. The van der Waals surface area contributed by atoms with E-state index in [9.17, 15) is 18.4 Å². The summed E-state index contributed by atoms with van der Waals surface area (Å²) in [5, 5.41) is 2.21. The normalized spacial score (nSPS) is 12.4. The van der Waals surface area contributed by atoms with Crippen molar-refractivity contribution in [1.82, 2.24) is 5.32 Å². The van der Waals surface area contributed by atoms with Crippen molar-refractivity contribution in [3.8, 4) is 0 Å². The number of nitrogens with one attached hydrogen (secondary N) is 1. The maximum Gasteiger partial charge on any atom is 0.328 e. The molecule has 0 aromatic heterocycles. The molecule has 0 rings (SSSR count). The van der Waals surface area contributed by atoms with Gasteiger partial charge in [0.1, 0.15) is 6.04 Å². The standard InChI is InChI=1S/C7H11F2NO3/c1-4(10-5(2)11)7(12)13-3-6(8)9/h4,6H,3H2,1-2H3,(H,10,11). The minimum atomic E-state index is -2.69. The number of hydrogen-bond acceptors (Lipinski definition) is 3. The molecule has 0 bridgehead atoms. The van der Waals surface area contributed by atoms with Gasteiger partial charge < -0.3 is 10.1 Å². The molecular formula is C7H11F2NO3. The van der Waals surface area contributed by atoms with Crippen LogP contribution in [0.15, 0.2) is 0 Å². The van der Waals surface area contributed by atoms with Crippen LogP contribution in [-0.4, -0.2) is 31.0 Å². The number of halogens is 2. The van der Waals surface area contributed by atoms with E-state index in [1.807, 2.05) is 0 Å². The van der Waals surface area contributed by atoms with Crippen LogP contribution in [0.1, 0.15) is 13.8 Å². The molecule has 13 heavy (non-hydrogen) atoms. The topological polar surface area (TPSA) is 55.4 Å². The molecule has 0 saturated carbocycles. The Bertz CT molecular complexity index is 196. The maximum atomic E-state index is 11.6. The summed E-state index contributed by atoms with van der Waals surface area (Å²) in [4.78, 5) is 21.2. The molecule has 6 heteroatoms. The molecule has 1 N–H and O–H groups in total. The van der Waals surface area contributed by atoms with Crippen LogP contribution in [-0.2, 0) is 14.3 Å². The largest absolute Gasteiger partial charge is 0.458 e. The van der Waals surface area contributed by atoms with E-state index in [-0.39, 0.29) is 0 Å². The van der Waals surface area contributed by atoms with Gasteiger partial charge in [-0.25, -0.2) is 13.6 Å². The van der Waals surface area contributed by atoms with Crippen molar-refractivity contribution < 1.29 is 23.1 Å². The van der Waals surface area contributed by atoms with Crippen LogP contribution in [0.5, 0.6) is 0 Å². The summed E-state index contributed by atoms with van der Waals surface area (Å²) in [6.07, 6.45) is -2.69. The third-order valence-electron chi connectivity index (χ3n) is 1.12. The Morgan fingerprint density at radius 2 is 2.00 bits per heavy atom. The van der Waals surface area contributed by atoms with Crippen LogP contribution in [0, 0.1) is 0 Å². The van der Waals surface area contributed by atoms with Gasteiger partial charge in [-0.05, 0) is 6.92 Å². The minimum Gasteiger partial charge on any atom is -0.458 e. The van der Waals surface area contributed by atoms with Crippen LogP contribution in [0.2, 0.25) is 0 Å². The summed E-state index contributed by atoms with van der Waals surface area (Å²) >= 11 is 0. The van der Waals surface area contributed by atoms with Gasteiger partial charge in [0.05, 0.1) is 0 Å². The minimum absolute atomic E-state index is 0.415. The molecule has 1 unspecified atom stereocenters. The molecule has 0 radical (unpaired) electrons. The summed E-state index contributed by atoms with van der Waals surface area (Å²) < 4.78 is 27.3. The SMILES string of the molecule is CC(=O)NC(C)C(=O)OCC(F)F. The van der Waals surface area contributed by atoms with Gasteiger partial charge in [-0.15, -0.1) is 0 Å². The second-order valence-electron chi connectivity index (χ2n) is 2.44. The molecule has 0 aliphatic rings. The zero-order valence-electron chi connectivity index (χ0n) is 7.34. The van der Waals surface area contributed by atoms with Gasteiger partial charge in [0.25, 0.3) is 6.43 Å². The fourth-order valence-corrected chi connectivity index (χ4v) is 0.634. The smallest absolute Gasteiger partial charge is 0.328 e. The molecule has 0 aromatic carbocycles. The predicted molar refractivity (Wildman–Crippen MR) is 40.2 cm³/mol. The first kappa shape index (κ1) is 11.8. The lowest BCUT2D eigenvalue weighted by Gasteiger charge is -2.11. The first-order chi connectivity index (χ1) is 5.93. The molecule has 4 nitrogen and oxygen atoms in total. The van der Waals surface area contributed by atoms with E-state index >= 15 is 0 Å². The van der Waals surface area contributed by atoms with Gasteiger partial charge in [-0.3, -0.25) is 4.79 Å². The molecule has 1 atom stereocenters. The summed E-state index contributed by atoms with van der Waals surface area (Å²) in [5.74, 6) is -1.28. The van der Waals surface area contributed by atoms with E-state index in [1.165, 1.54) is 13.8 Å². The number of hydrogen-bond donors (Lipinski definition) is 1. The van der Waals surface area contributed by atoms with Gasteiger partial charge in [-0.1, -0.05) is 0 Å². The second-order valence-corrected chi connectivity index (χ2v) is 2.44. The zero-order valence-corrected chi connectivity index (χ0v) is 7.34. The van der Waals surface area contributed by atoms with Crippen molar-refractivity contribution in [2.45, 2.75) is 26.3 Å². The van der Waals surface area contributed by atoms with Crippen LogP contribution < -0.4 is 5.32 Å². The molecule has 0 spiro atoms. The average molecular weight is 195 g/mol.